The normalized spacial score (nSPS) is 9.68. The lowest BCUT2D eigenvalue weighted by Crippen LogP contribution is -2.19. The second-order valence-corrected chi connectivity index (χ2v) is 5.40. The molecule has 0 atom stereocenters. The lowest BCUT2D eigenvalue weighted by atomic mass is 10.3. The number of hydrogen-bond acceptors (Lipinski definition) is 4. The lowest BCUT2D eigenvalue weighted by molar-refractivity contribution is -0.118. The molecule has 19 heavy (non-hydrogen) atoms. The summed E-state index contributed by atoms with van der Waals surface area (Å²) in [6.07, 6.45) is 0. The van der Waals surface area contributed by atoms with Gasteiger partial charge in [-0.25, -0.2) is 0 Å². The molecular weight excluding hydrogens is 328 g/mol. The predicted molar refractivity (Wildman–Crippen MR) is 77.3 cm³/mol. The van der Waals surface area contributed by atoms with Crippen LogP contribution < -0.4 is 10.1 Å². The van der Waals surface area contributed by atoms with Crippen molar-refractivity contribution >= 4 is 38.2 Å². The van der Waals surface area contributed by atoms with Crippen LogP contribution in [-0.2, 0) is 4.79 Å². The van der Waals surface area contributed by atoms with E-state index in [1.54, 1.807) is 23.6 Å². The largest absolute Gasteiger partial charge is 0.484 e. The fourth-order valence-corrected chi connectivity index (χ4v) is 2.35. The highest BCUT2D eigenvalue weighted by molar-refractivity contribution is 9.10. The molecular formula is C13H9BrN2O2S. The van der Waals surface area contributed by atoms with Crippen LogP contribution in [0.5, 0.6) is 5.75 Å². The highest BCUT2D eigenvalue weighted by Crippen LogP contribution is 2.22. The number of carbonyl (C=O) groups excluding carboxylic acids is 1. The molecule has 0 saturated carbocycles. The number of nitrogens with zero attached hydrogens (tertiary/aromatic N) is 1. The summed E-state index contributed by atoms with van der Waals surface area (Å²) in [6, 6.07) is 10.9. The van der Waals surface area contributed by atoms with Crippen LogP contribution in [0, 0.1) is 11.3 Å². The predicted octanol–water partition coefficient (Wildman–Crippen LogP) is 3.40. The van der Waals surface area contributed by atoms with Crippen LogP contribution in [0.15, 0.2) is 40.2 Å². The van der Waals surface area contributed by atoms with E-state index in [0.29, 0.717) is 16.3 Å². The molecule has 1 heterocycles. The molecule has 0 bridgehead atoms. The first-order valence-electron chi connectivity index (χ1n) is 5.35. The van der Waals surface area contributed by atoms with Gasteiger partial charge in [0.1, 0.15) is 16.8 Å². The highest BCUT2D eigenvalue weighted by atomic mass is 79.9. The van der Waals surface area contributed by atoms with E-state index in [4.69, 9.17) is 10.00 Å². The smallest absolute Gasteiger partial charge is 0.262 e. The molecule has 1 aromatic heterocycles. The van der Waals surface area contributed by atoms with Crippen molar-refractivity contribution in [2.45, 2.75) is 0 Å². The summed E-state index contributed by atoms with van der Waals surface area (Å²) in [7, 11) is 0. The van der Waals surface area contributed by atoms with Crippen LogP contribution in [0.2, 0.25) is 0 Å². The maximum Gasteiger partial charge on any atom is 0.262 e. The van der Waals surface area contributed by atoms with Crippen LogP contribution in [-0.4, -0.2) is 12.5 Å². The van der Waals surface area contributed by atoms with E-state index < -0.39 is 0 Å². The molecule has 0 spiro atoms. The van der Waals surface area contributed by atoms with Gasteiger partial charge in [0.2, 0.25) is 0 Å². The second kappa shape index (κ2) is 6.36. The molecule has 0 fully saturated rings. The van der Waals surface area contributed by atoms with E-state index in [0.717, 1.165) is 4.47 Å². The van der Waals surface area contributed by atoms with Gasteiger partial charge >= 0.3 is 0 Å². The molecule has 6 heteroatoms. The van der Waals surface area contributed by atoms with Gasteiger partial charge in [-0.15, -0.1) is 11.3 Å². The minimum absolute atomic E-state index is 0.0929. The van der Waals surface area contributed by atoms with Gasteiger partial charge in [-0.3, -0.25) is 4.79 Å². The van der Waals surface area contributed by atoms with E-state index in [1.807, 2.05) is 18.2 Å². The fourth-order valence-electron chi connectivity index (χ4n) is 1.34. The molecule has 2 rings (SSSR count). The van der Waals surface area contributed by atoms with Gasteiger partial charge in [0.25, 0.3) is 5.91 Å². The van der Waals surface area contributed by atoms with Gasteiger partial charge in [0.05, 0.1) is 5.56 Å². The molecule has 0 aliphatic rings. The van der Waals surface area contributed by atoms with Crippen molar-refractivity contribution in [2.75, 3.05) is 11.9 Å². The zero-order valence-corrected chi connectivity index (χ0v) is 12.1. The van der Waals surface area contributed by atoms with E-state index in [1.165, 1.54) is 11.3 Å². The number of nitriles is 1. The molecule has 1 N–H and O–H groups in total. The molecule has 2 aromatic rings. The number of halogens is 1. The number of amides is 1. The Morgan fingerprint density at radius 1 is 1.37 bits per heavy atom. The summed E-state index contributed by atoms with van der Waals surface area (Å²) in [5, 5.41) is 13.8. The summed E-state index contributed by atoms with van der Waals surface area (Å²) < 4.78 is 6.28. The molecule has 1 amide bonds. The number of hydrogen-bond donors (Lipinski definition) is 1. The molecule has 0 aliphatic heterocycles. The summed E-state index contributed by atoms with van der Waals surface area (Å²) in [6.45, 7) is -0.0929. The molecule has 1 aromatic carbocycles. The van der Waals surface area contributed by atoms with Crippen molar-refractivity contribution in [1.82, 2.24) is 0 Å². The van der Waals surface area contributed by atoms with Crippen LogP contribution in [0.3, 0.4) is 0 Å². The van der Waals surface area contributed by atoms with E-state index in [2.05, 4.69) is 21.2 Å². The quantitative estimate of drug-likeness (QED) is 0.930. The Bertz CT molecular complexity index is 616. The van der Waals surface area contributed by atoms with Gasteiger partial charge in [0.15, 0.2) is 6.61 Å². The van der Waals surface area contributed by atoms with Gasteiger partial charge in [0, 0.05) is 4.47 Å². The topological polar surface area (TPSA) is 62.1 Å². The first-order chi connectivity index (χ1) is 9.19. The Morgan fingerprint density at radius 3 is 2.79 bits per heavy atom. The Morgan fingerprint density at radius 2 is 2.11 bits per heavy atom. The first kappa shape index (κ1) is 13.6. The van der Waals surface area contributed by atoms with Crippen LogP contribution in [0.25, 0.3) is 0 Å². The van der Waals surface area contributed by atoms with Gasteiger partial charge in [-0.05, 0) is 35.7 Å². The monoisotopic (exact) mass is 336 g/mol. The summed E-state index contributed by atoms with van der Waals surface area (Å²) >= 11 is 4.63. The SMILES string of the molecule is N#Cc1ccsc1NC(=O)COc1ccc(Br)cc1. The van der Waals surface area contributed by atoms with E-state index >= 15 is 0 Å². The molecule has 4 nitrogen and oxygen atoms in total. The van der Waals surface area contributed by atoms with Crippen molar-refractivity contribution in [3.63, 3.8) is 0 Å². The number of thiophene rings is 1. The average molecular weight is 337 g/mol. The van der Waals surface area contributed by atoms with Crippen LogP contribution in [0.1, 0.15) is 5.56 Å². The van der Waals surface area contributed by atoms with Crippen molar-refractivity contribution in [1.29, 1.82) is 5.26 Å². The third kappa shape index (κ3) is 3.81. The van der Waals surface area contributed by atoms with Crippen LogP contribution in [0.4, 0.5) is 5.00 Å². The van der Waals surface area contributed by atoms with Crippen molar-refractivity contribution in [3.05, 3.63) is 45.7 Å². The van der Waals surface area contributed by atoms with Gasteiger partial charge in [-0.1, -0.05) is 15.9 Å². The van der Waals surface area contributed by atoms with Gasteiger partial charge < -0.3 is 10.1 Å². The third-order valence-corrected chi connectivity index (χ3v) is 3.58. The van der Waals surface area contributed by atoms with Crippen molar-refractivity contribution in [2.24, 2.45) is 0 Å². The number of rotatable bonds is 4. The standard InChI is InChI=1S/C13H9BrN2O2S/c14-10-1-3-11(4-2-10)18-8-12(17)16-13-9(7-15)5-6-19-13/h1-6H,8H2,(H,16,17). The zero-order valence-electron chi connectivity index (χ0n) is 9.72. The minimum Gasteiger partial charge on any atom is -0.484 e. The summed E-state index contributed by atoms with van der Waals surface area (Å²) in [4.78, 5) is 11.7. The van der Waals surface area contributed by atoms with Crippen LogP contribution >= 0.6 is 27.3 Å². The van der Waals surface area contributed by atoms with Crippen molar-refractivity contribution < 1.29 is 9.53 Å². The van der Waals surface area contributed by atoms with E-state index in [9.17, 15) is 4.79 Å². The average Bonchev–Trinajstić information content (AvgIpc) is 2.85. The number of benzene rings is 1. The summed E-state index contributed by atoms with van der Waals surface area (Å²) in [5.74, 6) is 0.326. The second-order valence-electron chi connectivity index (χ2n) is 3.57. The first-order valence-corrected chi connectivity index (χ1v) is 7.02. The third-order valence-electron chi connectivity index (χ3n) is 2.22. The number of nitrogens with one attached hydrogen (secondary N) is 1. The number of anilines is 1. The maximum atomic E-state index is 11.7. The molecule has 0 unspecified atom stereocenters. The van der Waals surface area contributed by atoms with Crippen molar-refractivity contribution in [3.8, 4) is 11.8 Å². The molecule has 0 radical (unpaired) electrons. The maximum absolute atomic E-state index is 11.7. The molecule has 0 aliphatic carbocycles. The highest BCUT2D eigenvalue weighted by Gasteiger charge is 2.08. The molecule has 0 saturated heterocycles. The Hall–Kier alpha value is -1.84. The fraction of sp³-hybridized carbons (Fsp3) is 0.0769. The van der Waals surface area contributed by atoms with Gasteiger partial charge in [-0.2, -0.15) is 5.26 Å². The summed E-state index contributed by atoms with van der Waals surface area (Å²) in [5.41, 5.74) is 0.460. The number of carbonyl (C=O) groups is 1. The van der Waals surface area contributed by atoms with E-state index in [-0.39, 0.29) is 12.5 Å². The Labute approximate surface area is 122 Å². The zero-order chi connectivity index (χ0) is 13.7. The molecule has 96 valence electrons. The Balaban J connectivity index is 1.89. The minimum atomic E-state index is -0.290. The lowest BCUT2D eigenvalue weighted by Gasteiger charge is -2.06. The number of ether oxygens (including phenoxy) is 1. The Kier molecular flexibility index (Phi) is 4.55.